The Balaban J connectivity index is 2.36. The molecule has 0 radical (unpaired) electrons. The van der Waals surface area contributed by atoms with Gasteiger partial charge in [-0.1, -0.05) is 11.6 Å². The van der Waals surface area contributed by atoms with E-state index in [1.165, 1.54) is 6.92 Å². The Bertz CT molecular complexity index is 1600. The van der Waals surface area contributed by atoms with Gasteiger partial charge in [-0.3, -0.25) is 9.11 Å². The molecule has 0 atom stereocenters. The summed E-state index contributed by atoms with van der Waals surface area (Å²) in [5.41, 5.74) is 0.0209. The predicted molar refractivity (Wildman–Crippen MR) is 113 cm³/mol. The van der Waals surface area contributed by atoms with Gasteiger partial charge in [0.25, 0.3) is 20.2 Å². The van der Waals surface area contributed by atoms with E-state index in [4.69, 9.17) is 11.6 Å². The van der Waals surface area contributed by atoms with E-state index < -0.39 is 56.2 Å². The molecule has 0 amide bonds. The second-order valence-electron chi connectivity index (χ2n) is 6.58. The van der Waals surface area contributed by atoms with Gasteiger partial charge in [-0.05, 0) is 25.1 Å². The van der Waals surface area contributed by atoms with Gasteiger partial charge >= 0.3 is 0 Å². The summed E-state index contributed by atoms with van der Waals surface area (Å²) in [4.78, 5) is 6.02. The van der Waals surface area contributed by atoms with E-state index >= 15 is 0 Å². The van der Waals surface area contributed by atoms with Crippen LogP contribution in [-0.4, -0.2) is 55.7 Å². The van der Waals surface area contributed by atoms with Crippen LogP contribution in [0.25, 0.3) is 10.8 Å². The minimum Gasteiger partial charge on any atom is -0.507 e. The maximum Gasteiger partial charge on any atom is 0.295 e. The summed E-state index contributed by atoms with van der Waals surface area (Å²) in [6, 6.07) is 3.39. The molecule has 3 aromatic rings. The number of anilines is 2. The SMILES string of the molecule is Cc1nc(S(C)(=O)=O)nc(Nc2ccc(S(=O)(=O)O)c3cc(S(=O)(=O)O)cc(O)c23)c1Cl. The second kappa shape index (κ2) is 7.79. The summed E-state index contributed by atoms with van der Waals surface area (Å²) in [5, 5.41) is 11.7. The van der Waals surface area contributed by atoms with Crippen molar-refractivity contribution in [3.63, 3.8) is 0 Å². The minimum atomic E-state index is -4.89. The molecule has 4 N–H and O–H groups in total. The van der Waals surface area contributed by atoms with Crippen molar-refractivity contribution in [2.75, 3.05) is 11.6 Å². The van der Waals surface area contributed by atoms with Crippen molar-refractivity contribution in [2.24, 2.45) is 0 Å². The normalized spacial score (nSPS) is 12.8. The largest absolute Gasteiger partial charge is 0.507 e. The van der Waals surface area contributed by atoms with Crippen LogP contribution in [0.15, 0.2) is 39.2 Å². The highest BCUT2D eigenvalue weighted by molar-refractivity contribution is 7.90. The number of hydrogen-bond acceptors (Lipinski definition) is 10. The maximum atomic E-state index is 11.8. The number of sulfone groups is 1. The number of rotatable bonds is 5. The molecule has 3 rings (SSSR count). The Morgan fingerprint density at radius 2 is 1.59 bits per heavy atom. The predicted octanol–water partition coefficient (Wildman–Crippen LogP) is 1.94. The van der Waals surface area contributed by atoms with Crippen LogP contribution in [-0.2, 0) is 30.1 Å². The average Bonchev–Trinajstić information content (AvgIpc) is 2.62. The van der Waals surface area contributed by atoms with Gasteiger partial charge < -0.3 is 10.4 Å². The van der Waals surface area contributed by atoms with Gasteiger partial charge in [-0.25, -0.2) is 13.4 Å². The van der Waals surface area contributed by atoms with Gasteiger partial charge in [0.2, 0.25) is 15.0 Å². The highest BCUT2D eigenvalue weighted by Crippen LogP contribution is 2.40. The van der Waals surface area contributed by atoms with E-state index in [-0.39, 0.29) is 27.6 Å². The van der Waals surface area contributed by atoms with E-state index in [0.29, 0.717) is 6.07 Å². The third-order valence-electron chi connectivity index (χ3n) is 4.18. The molecule has 0 bridgehead atoms. The molecule has 0 spiro atoms. The number of nitrogens with zero attached hydrogens (tertiary/aromatic N) is 2. The number of aryl methyl sites for hydroxylation is 1. The van der Waals surface area contributed by atoms with Crippen LogP contribution in [0.5, 0.6) is 5.75 Å². The van der Waals surface area contributed by atoms with E-state index in [1.807, 2.05) is 0 Å². The number of phenols is 1. The zero-order valence-electron chi connectivity index (χ0n) is 16.1. The van der Waals surface area contributed by atoms with Crippen molar-refractivity contribution in [1.82, 2.24) is 9.97 Å². The van der Waals surface area contributed by atoms with Crippen LogP contribution in [0.4, 0.5) is 11.5 Å². The van der Waals surface area contributed by atoms with Gasteiger partial charge in [0.1, 0.15) is 15.7 Å². The van der Waals surface area contributed by atoms with Gasteiger partial charge in [0.15, 0.2) is 5.82 Å². The lowest BCUT2D eigenvalue weighted by Gasteiger charge is -2.15. The number of halogens is 1. The number of benzene rings is 2. The van der Waals surface area contributed by atoms with Crippen molar-refractivity contribution in [3.8, 4) is 5.75 Å². The van der Waals surface area contributed by atoms with Crippen LogP contribution in [0.2, 0.25) is 5.02 Å². The highest BCUT2D eigenvalue weighted by atomic mass is 35.5. The Morgan fingerprint density at radius 1 is 0.969 bits per heavy atom. The third-order valence-corrected chi connectivity index (χ3v) is 7.23. The highest BCUT2D eigenvalue weighted by Gasteiger charge is 2.23. The molecule has 0 aliphatic carbocycles. The summed E-state index contributed by atoms with van der Waals surface area (Å²) in [5.74, 6) is -0.993. The van der Waals surface area contributed by atoms with Crippen LogP contribution < -0.4 is 5.32 Å². The number of nitrogens with one attached hydrogen (secondary N) is 1. The average molecular weight is 524 g/mol. The minimum absolute atomic E-state index is 0.0776. The fourth-order valence-electron chi connectivity index (χ4n) is 2.80. The molecular formula is C16H14ClN3O9S3. The fraction of sp³-hybridized carbons (Fsp3) is 0.125. The third kappa shape index (κ3) is 4.62. The molecular weight excluding hydrogens is 510 g/mol. The van der Waals surface area contributed by atoms with E-state index in [0.717, 1.165) is 24.5 Å². The first-order valence-corrected chi connectivity index (χ1v) is 13.4. The Morgan fingerprint density at radius 3 is 2.12 bits per heavy atom. The summed E-state index contributed by atoms with van der Waals surface area (Å²) in [6.07, 6.45) is 0.873. The lowest BCUT2D eigenvalue weighted by molar-refractivity contribution is 0.470. The lowest BCUT2D eigenvalue weighted by Crippen LogP contribution is -2.09. The first-order chi connectivity index (χ1) is 14.5. The molecule has 2 aromatic carbocycles. The lowest BCUT2D eigenvalue weighted by atomic mass is 10.1. The molecule has 16 heteroatoms. The standard InChI is InChI=1S/C16H14ClN3O9S3/c1-7-14(17)15(20-16(18-7)30(2,22)23)19-10-3-4-12(32(27,28)29)9-5-8(31(24,25)26)6-11(21)13(9)10/h3-6,21H,1-2H3,(H,18,19,20)(H,24,25,26)(H,27,28,29). The smallest absolute Gasteiger partial charge is 0.295 e. The number of fused-ring (bicyclic) bond motifs is 1. The number of phenolic OH excluding ortho intramolecular Hbond substituents is 1. The van der Waals surface area contributed by atoms with Crippen LogP contribution >= 0.6 is 11.6 Å². The summed E-state index contributed by atoms with van der Waals surface area (Å²) >= 11 is 6.15. The van der Waals surface area contributed by atoms with Gasteiger partial charge in [-0.2, -0.15) is 21.8 Å². The number of aromatic hydroxyl groups is 1. The molecule has 0 fully saturated rings. The number of aromatic nitrogens is 2. The van der Waals surface area contributed by atoms with Gasteiger partial charge in [0.05, 0.1) is 16.3 Å². The number of hydrogen-bond donors (Lipinski definition) is 4. The quantitative estimate of drug-likeness (QED) is 0.280. The fourth-order valence-corrected chi connectivity index (χ4v) is 4.70. The van der Waals surface area contributed by atoms with Crippen molar-refractivity contribution in [3.05, 3.63) is 35.0 Å². The van der Waals surface area contributed by atoms with Crippen molar-refractivity contribution < 1.29 is 39.5 Å². The maximum absolute atomic E-state index is 11.8. The molecule has 1 aromatic heterocycles. The van der Waals surface area contributed by atoms with Crippen LogP contribution in [0, 0.1) is 6.92 Å². The Labute approximate surface area is 187 Å². The summed E-state index contributed by atoms with van der Waals surface area (Å²) in [7, 11) is -13.6. The molecule has 0 aliphatic heterocycles. The zero-order valence-corrected chi connectivity index (χ0v) is 19.3. The van der Waals surface area contributed by atoms with Crippen molar-refractivity contribution >= 4 is 64.0 Å². The first-order valence-electron chi connectivity index (χ1n) is 8.26. The summed E-state index contributed by atoms with van der Waals surface area (Å²) in [6.45, 7) is 1.42. The molecule has 0 saturated carbocycles. The van der Waals surface area contributed by atoms with Gasteiger partial charge in [0, 0.05) is 23.1 Å². The van der Waals surface area contributed by atoms with Crippen LogP contribution in [0.3, 0.4) is 0 Å². The topological polar surface area (TPSA) is 201 Å². The first kappa shape index (κ1) is 24.1. The second-order valence-corrected chi connectivity index (χ2v) is 11.7. The zero-order chi connectivity index (χ0) is 24.2. The molecule has 12 nitrogen and oxygen atoms in total. The van der Waals surface area contributed by atoms with E-state index in [9.17, 15) is 39.5 Å². The molecule has 32 heavy (non-hydrogen) atoms. The molecule has 0 unspecified atom stereocenters. The molecule has 1 heterocycles. The Hall–Kier alpha value is -2.56. The molecule has 172 valence electrons. The van der Waals surface area contributed by atoms with Crippen molar-refractivity contribution in [1.29, 1.82) is 0 Å². The van der Waals surface area contributed by atoms with Crippen molar-refractivity contribution in [2.45, 2.75) is 21.9 Å². The summed E-state index contributed by atoms with van der Waals surface area (Å²) < 4.78 is 89.0. The van der Waals surface area contributed by atoms with E-state index in [2.05, 4.69) is 15.3 Å². The van der Waals surface area contributed by atoms with Gasteiger partial charge in [-0.15, -0.1) is 0 Å². The van der Waals surface area contributed by atoms with E-state index in [1.54, 1.807) is 0 Å². The van der Waals surface area contributed by atoms with Crippen LogP contribution in [0.1, 0.15) is 5.69 Å². The molecule has 0 aliphatic rings. The monoisotopic (exact) mass is 523 g/mol. The Kier molecular flexibility index (Phi) is 5.86. The molecule has 0 saturated heterocycles.